The summed E-state index contributed by atoms with van der Waals surface area (Å²) in [6, 6.07) is 10.0. The molecule has 0 bridgehead atoms. The number of benzene rings is 1. The van der Waals surface area contributed by atoms with Crippen molar-refractivity contribution in [3.8, 4) is 0 Å². The predicted octanol–water partition coefficient (Wildman–Crippen LogP) is 3.37. The van der Waals surface area contributed by atoms with Gasteiger partial charge in [-0.1, -0.05) is 41.9 Å². The van der Waals surface area contributed by atoms with Crippen LogP contribution in [-0.4, -0.2) is 20.8 Å². The van der Waals surface area contributed by atoms with Crippen molar-refractivity contribution in [1.29, 1.82) is 0 Å². The number of ether oxygens (including phenoxy) is 1. The fourth-order valence-corrected chi connectivity index (χ4v) is 2.68. The van der Waals surface area contributed by atoms with Crippen LogP contribution in [0.2, 0.25) is 5.15 Å². The van der Waals surface area contributed by atoms with Crippen LogP contribution in [0.25, 0.3) is 0 Å². The van der Waals surface area contributed by atoms with Crippen molar-refractivity contribution >= 4 is 17.3 Å². The van der Waals surface area contributed by atoms with Crippen molar-refractivity contribution < 1.29 is 9.66 Å². The molecule has 0 saturated heterocycles. The Morgan fingerprint density at radius 3 is 2.71 bits per heavy atom. The van der Waals surface area contributed by atoms with Gasteiger partial charge in [0.2, 0.25) is 5.15 Å². The SMILES string of the molecule is O=[N+]([O-])c1cnn(C2CC(OCc3ccccc3)C2)c1Cl. The first-order valence-electron chi connectivity index (χ1n) is 6.68. The largest absolute Gasteiger partial charge is 0.373 e. The highest BCUT2D eigenvalue weighted by Crippen LogP contribution is 2.38. The Bertz CT molecular complexity index is 638. The zero-order valence-electron chi connectivity index (χ0n) is 11.2. The van der Waals surface area contributed by atoms with Crippen LogP contribution in [0.5, 0.6) is 0 Å². The summed E-state index contributed by atoms with van der Waals surface area (Å²) in [5.74, 6) is 0. The van der Waals surface area contributed by atoms with Crippen LogP contribution < -0.4 is 0 Å². The Labute approximate surface area is 126 Å². The smallest absolute Gasteiger partial charge is 0.325 e. The third-order valence-corrected chi connectivity index (χ3v) is 4.02. The first-order valence-corrected chi connectivity index (χ1v) is 7.06. The predicted molar refractivity (Wildman–Crippen MR) is 77.2 cm³/mol. The molecule has 1 aliphatic carbocycles. The molecule has 0 aliphatic heterocycles. The zero-order valence-corrected chi connectivity index (χ0v) is 11.9. The van der Waals surface area contributed by atoms with Crippen LogP contribution in [0.3, 0.4) is 0 Å². The average molecular weight is 308 g/mol. The highest BCUT2D eigenvalue weighted by molar-refractivity contribution is 6.31. The lowest BCUT2D eigenvalue weighted by Crippen LogP contribution is -2.33. The first kappa shape index (κ1) is 14.0. The maximum absolute atomic E-state index is 10.7. The number of nitro groups is 1. The number of nitrogens with zero attached hydrogens (tertiary/aromatic N) is 3. The number of hydrogen-bond acceptors (Lipinski definition) is 4. The van der Waals surface area contributed by atoms with Crippen LogP contribution in [0.15, 0.2) is 36.5 Å². The van der Waals surface area contributed by atoms with Crippen molar-refractivity contribution in [3.05, 3.63) is 57.4 Å². The van der Waals surface area contributed by atoms with E-state index in [1.165, 1.54) is 10.9 Å². The summed E-state index contributed by atoms with van der Waals surface area (Å²) in [7, 11) is 0. The van der Waals surface area contributed by atoms with E-state index in [-0.39, 0.29) is 23.0 Å². The van der Waals surface area contributed by atoms with E-state index in [1.54, 1.807) is 0 Å². The fraction of sp³-hybridized carbons (Fsp3) is 0.357. The third kappa shape index (κ3) is 2.91. The van der Waals surface area contributed by atoms with Gasteiger partial charge in [0, 0.05) is 0 Å². The van der Waals surface area contributed by atoms with E-state index in [0.29, 0.717) is 6.61 Å². The van der Waals surface area contributed by atoms with Gasteiger partial charge in [0.25, 0.3) is 0 Å². The van der Waals surface area contributed by atoms with Crippen LogP contribution in [0.1, 0.15) is 24.4 Å². The molecule has 6 nitrogen and oxygen atoms in total. The molecule has 2 aromatic rings. The molecule has 110 valence electrons. The van der Waals surface area contributed by atoms with Gasteiger partial charge in [0.15, 0.2) is 0 Å². The Hall–Kier alpha value is -1.92. The highest BCUT2D eigenvalue weighted by atomic mass is 35.5. The van der Waals surface area contributed by atoms with Gasteiger partial charge in [-0.25, -0.2) is 4.68 Å². The van der Waals surface area contributed by atoms with E-state index >= 15 is 0 Å². The fourth-order valence-electron chi connectivity index (χ4n) is 2.38. The minimum absolute atomic E-state index is 0.0759. The van der Waals surface area contributed by atoms with Crippen molar-refractivity contribution in [1.82, 2.24) is 9.78 Å². The first-order chi connectivity index (χ1) is 10.1. The number of hydrogen-bond donors (Lipinski definition) is 0. The van der Waals surface area contributed by atoms with Crippen molar-refractivity contribution in [3.63, 3.8) is 0 Å². The van der Waals surface area contributed by atoms with E-state index in [2.05, 4.69) is 5.10 Å². The Morgan fingerprint density at radius 1 is 1.38 bits per heavy atom. The van der Waals surface area contributed by atoms with E-state index in [9.17, 15) is 10.1 Å². The average Bonchev–Trinajstić information content (AvgIpc) is 2.80. The van der Waals surface area contributed by atoms with E-state index in [0.717, 1.165) is 18.4 Å². The van der Waals surface area contributed by atoms with Gasteiger partial charge in [0.05, 0.1) is 23.7 Å². The third-order valence-electron chi connectivity index (χ3n) is 3.66. The molecule has 0 amide bonds. The molecule has 0 N–H and O–H groups in total. The van der Waals surface area contributed by atoms with Crippen molar-refractivity contribution in [2.75, 3.05) is 0 Å². The molecular weight excluding hydrogens is 294 g/mol. The summed E-state index contributed by atoms with van der Waals surface area (Å²) < 4.78 is 7.31. The van der Waals surface area contributed by atoms with Crippen LogP contribution in [0, 0.1) is 10.1 Å². The lowest BCUT2D eigenvalue weighted by atomic mass is 9.89. The number of halogens is 1. The van der Waals surface area contributed by atoms with E-state index in [1.807, 2.05) is 30.3 Å². The molecule has 0 spiro atoms. The molecule has 0 atom stereocenters. The van der Waals surface area contributed by atoms with Gasteiger partial charge in [-0.05, 0) is 18.4 Å². The monoisotopic (exact) mass is 307 g/mol. The lowest BCUT2D eigenvalue weighted by molar-refractivity contribution is -0.384. The normalized spacial score (nSPS) is 21.0. The Morgan fingerprint density at radius 2 is 2.10 bits per heavy atom. The Balaban J connectivity index is 1.53. The summed E-state index contributed by atoms with van der Waals surface area (Å²) in [6.07, 6.45) is 2.88. The highest BCUT2D eigenvalue weighted by Gasteiger charge is 2.35. The summed E-state index contributed by atoms with van der Waals surface area (Å²) in [6.45, 7) is 0.575. The van der Waals surface area contributed by atoms with Gasteiger partial charge in [-0.2, -0.15) is 5.10 Å². The molecular formula is C14H14ClN3O3. The Kier molecular flexibility index (Phi) is 3.90. The summed E-state index contributed by atoms with van der Waals surface area (Å²) in [4.78, 5) is 10.2. The molecule has 1 aromatic carbocycles. The summed E-state index contributed by atoms with van der Waals surface area (Å²) in [5, 5.41) is 14.8. The molecule has 7 heteroatoms. The van der Waals surface area contributed by atoms with Gasteiger partial charge >= 0.3 is 5.69 Å². The molecule has 3 rings (SSSR count). The second-order valence-electron chi connectivity index (χ2n) is 5.07. The molecule has 0 radical (unpaired) electrons. The second kappa shape index (κ2) is 5.83. The van der Waals surface area contributed by atoms with Crippen LogP contribution in [0.4, 0.5) is 5.69 Å². The van der Waals surface area contributed by atoms with Gasteiger partial charge in [-0.15, -0.1) is 0 Å². The molecule has 1 aromatic heterocycles. The quantitative estimate of drug-likeness (QED) is 0.627. The van der Waals surface area contributed by atoms with Gasteiger partial charge < -0.3 is 4.74 Å². The maximum atomic E-state index is 10.7. The maximum Gasteiger partial charge on any atom is 0.325 e. The summed E-state index contributed by atoms with van der Waals surface area (Å²) in [5.41, 5.74) is 0.985. The van der Waals surface area contributed by atoms with Crippen LogP contribution >= 0.6 is 11.6 Å². The van der Waals surface area contributed by atoms with E-state index < -0.39 is 4.92 Å². The van der Waals surface area contributed by atoms with Crippen LogP contribution in [-0.2, 0) is 11.3 Å². The van der Waals surface area contributed by atoms with Crippen molar-refractivity contribution in [2.24, 2.45) is 0 Å². The minimum atomic E-state index is -0.520. The minimum Gasteiger partial charge on any atom is -0.373 e. The lowest BCUT2D eigenvalue weighted by Gasteiger charge is -2.35. The molecule has 1 heterocycles. The molecule has 1 fully saturated rings. The zero-order chi connectivity index (χ0) is 14.8. The summed E-state index contributed by atoms with van der Waals surface area (Å²) >= 11 is 5.97. The van der Waals surface area contributed by atoms with Crippen molar-refractivity contribution in [2.45, 2.75) is 31.6 Å². The van der Waals surface area contributed by atoms with Gasteiger partial charge in [0.1, 0.15) is 6.20 Å². The molecule has 0 unspecified atom stereocenters. The molecule has 21 heavy (non-hydrogen) atoms. The number of aromatic nitrogens is 2. The van der Waals surface area contributed by atoms with Gasteiger partial charge in [-0.3, -0.25) is 10.1 Å². The topological polar surface area (TPSA) is 70.2 Å². The van der Waals surface area contributed by atoms with E-state index in [4.69, 9.17) is 16.3 Å². The number of rotatable bonds is 5. The second-order valence-corrected chi connectivity index (χ2v) is 5.42. The molecule has 1 saturated carbocycles. The molecule has 1 aliphatic rings. The standard InChI is InChI=1S/C14H14ClN3O3/c15-14-13(18(19)20)8-16-17(14)11-6-12(7-11)21-9-10-4-2-1-3-5-10/h1-5,8,11-12H,6-7,9H2.